The summed E-state index contributed by atoms with van der Waals surface area (Å²) in [5.74, 6) is 1.14. The molecule has 156 valence electrons. The van der Waals surface area contributed by atoms with E-state index in [0.29, 0.717) is 31.0 Å². The van der Waals surface area contributed by atoms with E-state index < -0.39 is 0 Å². The molecule has 0 amide bonds. The second kappa shape index (κ2) is 12.3. The minimum Gasteiger partial charge on any atom is -0.465 e. The minimum absolute atomic E-state index is 0.243. The van der Waals surface area contributed by atoms with Crippen LogP contribution >= 0.6 is 90.4 Å². The van der Waals surface area contributed by atoms with Crippen molar-refractivity contribution in [2.45, 2.75) is 26.3 Å². The fourth-order valence-corrected chi connectivity index (χ4v) is 6.62. The third-order valence-electron chi connectivity index (χ3n) is 3.82. The number of nitroso groups, excluding NO2 is 1. The van der Waals surface area contributed by atoms with Gasteiger partial charge in [0, 0.05) is 7.14 Å². The number of hydrogen-bond donors (Lipinski definition) is 1. The van der Waals surface area contributed by atoms with Crippen LogP contribution in [0.1, 0.15) is 19.4 Å². The van der Waals surface area contributed by atoms with Crippen molar-refractivity contribution < 1.29 is 14.3 Å². The van der Waals surface area contributed by atoms with Gasteiger partial charge in [0.05, 0.1) is 13.7 Å². The zero-order valence-corrected chi connectivity index (χ0v) is 24.2. The number of nitrogens with one attached hydrogen (secondary N) is 1. The van der Waals surface area contributed by atoms with E-state index in [1.807, 2.05) is 19.1 Å². The first kappa shape index (κ1) is 25.5. The minimum atomic E-state index is -0.384. The van der Waals surface area contributed by atoms with Crippen molar-refractivity contribution in [3.63, 3.8) is 0 Å². The molecule has 6 nitrogen and oxygen atoms in total. The largest absolute Gasteiger partial charge is 0.465 e. The van der Waals surface area contributed by atoms with Gasteiger partial charge in [0.15, 0.2) is 5.75 Å². The van der Waals surface area contributed by atoms with Gasteiger partial charge in [0.2, 0.25) is 0 Å². The Bertz CT molecular complexity index is 862. The second-order valence-electron chi connectivity index (χ2n) is 5.88. The highest BCUT2D eigenvalue weighted by atomic mass is 127. The molecule has 0 bridgehead atoms. The lowest BCUT2D eigenvalue weighted by Crippen LogP contribution is -2.39. The van der Waals surface area contributed by atoms with Crippen LogP contribution in [0.3, 0.4) is 0 Å². The first-order valence-corrected chi connectivity index (χ1v) is 13.0. The molecule has 0 aliphatic carbocycles. The molecular formula is C19H18I4N2O4. The van der Waals surface area contributed by atoms with Gasteiger partial charge >= 0.3 is 5.97 Å². The quantitative estimate of drug-likeness (QED) is 0.180. The number of likely N-dealkylation sites (N-methyl/N-ethyl adjacent to an activating group) is 1. The highest BCUT2D eigenvalue weighted by Gasteiger charge is 2.21. The summed E-state index contributed by atoms with van der Waals surface area (Å²) in [4.78, 5) is 23.1. The summed E-state index contributed by atoms with van der Waals surface area (Å²) >= 11 is 8.62. The van der Waals surface area contributed by atoms with Crippen LogP contribution in [0.4, 0.5) is 5.69 Å². The lowest BCUT2D eigenvalue weighted by molar-refractivity contribution is -0.145. The van der Waals surface area contributed by atoms with Crippen molar-refractivity contribution in [3.8, 4) is 11.5 Å². The number of rotatable bonds is 9. The zero-order chi connectivity index (χ0) is 21.6. The molecule has 1 N–H and O–H groups in total. The Labute approximate surface area is 224 Å². The summed E-state index contributed by atoms with van der Waals surface area (Å²) in [5.41, 5.74) is 1.45. The first-order chi connectivity index (χ1) is 13.8. The molecule has 0 saturated heterocycles. The predicted octanol–water partition coefficient (Wildman–Crippen LogP) is 6.38. The van der Waals surface area contributed by atoms with Crippen LogP contribution in [0, 0.1) is 19.2 Å². The molecule has 0 fully saturated rings. The van der Waals surface area contributed by atoms with Gasteiger partial charge in [0.1, 0.15) is 17.5 Å². The molecule has 1 unspecified atom stereocenters. The lowest BCUT2D eigenvalue weighted by atomic mass is 10.1. The van der Waals surface area contributed by atoms with Gasteiger partial charge in [-0.3, -0.25) is 4.79 Å². The van der Waals surface area contributed by atoms with Crippen molar-refractivity contribution in [2.75, 3.05) is 13.2 Å². The van der Waals surface area contributed by atoms with E-state index >= 15 is 0 Å². The molecule has 0 saturated carbocycles. The van der Waals surface area contributed by atoms with Gasteiger partial charge in [-0.25, -0.2) is 0 Å². The molecule has 0 aromatic heterocycles. The Balaban J connectivity index is 2.27. The molecule has 0 aliphatic heterocycles. The Morgan fingerprint density at radius 3 is 2.10 bits per heavy atom. The average molecular weight is 846 g/mol. The molecule has 0 heterocycles. The molecule has 10 heteroatoms. The van der Waals surface area contributed by atoms with Gasteiger partial charge in [-0.1, -0.05) is 6.92 Å². The van der Waals surface area contributed by atoms with Gasteiger partial charge in [-0.05, 0) is 145 Å². The van der Waals surface area contributed by atoms with E-state index in [1.165, 1.54) is 0 Å². The Kier molecular flexibility index (Phi) is 10.8. The number of ether oxygens (including phenoxy) is 2. The van der Waals surface area contributed by atoms with Crippen molar-refractivity contribution >= 4 is 102 Å². The van der Waals surface area contributed by atoms with Crippen LogP contribution in [0.15, 0.2) is 29.4 Å². The third-order valence-corrected chi connectivity index (χ3v) is 7.07. The Hall–Kier alpha value is 0.190. The van der Waals surface area contributed by atoms with Crippen molar-refractivity contribution in [1.29, 1.82) is 0 Å². The molecule has 2 aromatic rings. The molecule has 2 rings (SSSR count). The van der Waals surface area contributed by atoms with Crippen LogP contribution in [0.5, 0.6) is 11.5 Å². The maximum Gasteiger partial charge on any atom is 0.323 e. The number of benzene rings is 2. The van der Waals surface area contributed by atoms with E-state index in [9.17, 15) is 9.70 Å². The smallest absolute Gasteiger partial charge is 0.323 e. The van der Waals surface area contributed by atoms with Crippen molar-refractivity contribution in [1.82, 2.24) is 5.32 Å². The van der Waals surface area contributed by atoms with Crippen LogP contribution < -0.4 is 10.1 Å². The monoisotopic (exact) mass is 846 g/mol. The third kappa shape index (κ3) is 7.10. The topological polar surface area (TPSA) is 77.0 Å². The number of carbonyl (C=O) groups excluding carboxylic acids is 1. The number of hydrogen-bond acceptors (Lipinski definition) is 6. The molecule has 0 radical (unpaired) electrons. The standard InChI is InChI=1S/C19H18I4N2O4/c1-3-24-16(19(26)28-4-2)7-10-5-14(22)18(15(23)6-10)29-11-8-12(20)17(25-27)13(21)9-11/h5-6,8-9,16,24H,3-4,7H2,1-2H3. The van der Waals surface area contributed by atoms with E-state index in [2.05, 4.69) is 101 Å². The first-order valence-electron chi connectivity index (χ1n) is 8.68. The van der Waals surface area contributed by atoms with E-state index in [-0.39, 0.29) is 12.0 Å². The fraction of sp³-hybridized carbons (Fsp3) is 0.316. The number of carbonyl (C=O) groups is 1. The second-order valence-corrected chi connectivity index (χ2v) is 10.5. The average Bonchev–Trinajstić information content (AvgIpc) is 2.64. The molecule has 29 heavy (non-hydrogen) atoms. The maximum absolute atomic E-state index is 12.2. The summed E-state index contributed by atoms with van der Waals surface area (Å²) < 4.78 is 14.6. The van der Waals surface area contributed by atoms with E-state index in [1.54, 1.807) is 19.1 Å². The van der Waals surface area contributed by atoms with Gasteiger partial charge < -0.3 is 14.8 Å². The molecule has 2 aromatic carbocycles. The summed E-state index contributed by atoms with van der Waals surface area (Å²) in [6.07, 6.45) is 0.536. The summed E-state index contributed by atoms with van der Waals surface area (Å²) in [5, 5.41) is 6.25. The van der Waals surface area contributed by atoms with E-state index in [4.69, 9.17) is 9.47 Å². The lowest BCUT2D eigenvalue weighted by Gasteiger charge is -2.18. The number of nitrogens with zero attached hydrogens (tertiary/aromatic N) is 1. The van der Waals surface area contributed by atoms with Gasteiger partial charge in [-0.15, -0.1) is 4.91 Å². The zero-order valence-electron chi connectivity index (χ0n) is 15.6. The number of esters is 1. The van der Waals surface area contributed by atoms with E-state index in [0.717, 1.165) is 25.6 Å². The van der Waals surface area contributed by atoms with Gasteiger partial charge in [0.25, 0.3) is 0 Å². The van der Waals surface area contributed by atoms with Crippen LogP contribution in [-0.4, -0.2) is 25.2 Å². The summed E-state index contributed by atoms with van der Waals surface area (Å²) in [6, 6.07) is 7.23. The summed E-state index contributed by atoms with van der Waals surface area (Å²) in [6.45, 7) is 4.81. The summed E-state index contributed by atoms with van der Waals surface area (Å²) in [7, 11) is 0. The van der Waals surface area contributed by atoms with Crippen molar-refractivity contribution in [2.24, 2.45) is 5.18 Å². The SMILES string of the molecule is CCNC(Cc1cc(I)c(Oc2cc(I)c(N=O)c(I)c2)c(I)c1)C(=O)OCC. The highest BCUT2D eigenvalue weighted by molar-refractivity contribution is 14.1. The molecule has 1 atom stereocenters. The van der Waals surface area contributed by atoms with Crippen LogP contribution in [0.25, 0.3) is 0 Å². The molecule has 0 aliphatic rings. The molecule has 0 spiro atoms. The maximum atomic E-state index is 12.2. The van der Waals surface area contributed by atoms with Gasteiger partial charge in [-0.2, -0.15) is 0 Å². The van der Waals surface area contributed by atoms with Crippen LogP contribution in [-0.2, 0) is 16.0 Å². The van der Waals surface area contributed by atoms with Crippen LogP contribution in [0.2, 0.25) is 0 Å². The number of halogens is 4. The normalized spacial score (nSPS) is 11.8. The highest BCUT2D eigenvalue weighted by Crippen LogP contribution is 2.37. The fourth-order valence-electron chi connectivity index (χ4n) is 2.60. The Morgan fingerprint density at radius 1 is 1.03 bits per heavy atom. The Morgan fingerprint density at radius 2 is 1.62 bits per heavy atom. The predicted molar refractivity (Wildman–Crippen MR) is 147 cm³/mol. The van der Waals surface area contributed by atoms with Crippen molar-refractivity contribution in [3.05, 3.63) is 49.0 Å². The molecular weight excluding hydrogens is 828 g/mol.